The number of anilines is 1. The summed E-state index contributed by atoms with van der Waals surface area (Å²) in [5.41, 5.74) is 0. The molecule has 0 aromatic carbocycles. The van der Waals surface area contributed by atoms with Gasteiger partial charge in [-0.05, 0) is 28.8 Å². The van der Waals surface area contributed by atoms with Crippen LogP contribution in [0.15, 0.2) is 10.7 Å². The molecule has 0 spiro atoms. The molecule has 0 aliphatic heterocycles. The molecule has 3 nitrogen and oxygen atoms in total. The van der Waals surface area contributed by atoms with Crippen molar-refractivity contribution in [3.8, 4) is 0 Å². The number of nitrogens with one attached hydrogen (secondary N) is 1. The van der Waals surface area contributed by atoms with E-state index in [2.05, 4.69) is 58.9 Å². The quantitative estimate of drug-likeness (QED) is 0.855. The minimum absolute atomic E-state index is 0.413. The smallest absolute Gasteiger partial charge is 0.131 e. The topological polar surface area (TPSA) is 37.8 Å². The van der Waals surface area contributed by atoms with Gasteiger partial charge in [-0.2, -0.15) is 0 Å². The Morgan fingerprint density at radius 2 is 2.00 bits per heavy atom. The predicted octanol–water partition coefficient (Wildman–Crippen LogP) is 3.26. The molecule has 15 heavy (non-hydrogen) atoms. The summed E-state index contributed by atoms with van der Waals surface area (Å²) in [7, 11) is 0. The SMILES string of the molecule is CCc1nc(Br)cc(NC(C)C(C)C)n1. The third-order valence-electron chi connectivity index (χ3n) is 2.43. The van der Waals surface area contributed by atoms with Gasteiger partial charge in [-0.15, -0.1) is 0 Å². The largest absolute Gasteiger partial charge is 0.367 e. The van der Waals surface area contributed by atoms with E-state index in [9.17, 15) is 0 Å². The first kappa shape index (κ1) is 12.4. The molecule has 1 heterocycles. The van der Waals surface area contributed by atoms with Crippen LogP contribution in [0, 0.1) is 5.92 Å². The van der Waals surface area contributed by atoms with Crippen LogP contribution in [0.1, 0.15) is 33.5 Å². The van der Waals surface area contributed by atoms with Gasteiger partial charge in [0.1, 0.15) is 16.2 Å². The normalized spacial score (nSPS) is 12.9. The highest BCUT2D eigenvalue weighted by Crippen LogP contribution is 2.15. The molecule has 84 valence electrons. The lowest BCUT2D eigenvalue weighted by atomic mass is 10.1. The fourth-order valence-corrected chi connectivity index (χ4v) is 1.52. The summed E-state index contributed by atoms with van der Waals surface area (Å²) in [6.45, 7) is 8.59. The number of rotatable bonds is 4. The standard InChI is InChI=1S/C11H18BrN3/c1-5-10-14-9(12)6-11(15-10)13-8(4)7(2)3/h6-8H,5H2,1-4H3,(H,13,14,15). The highest BCUT2D eigenvalue weighted by Gasteiger charge is 2.08. The van der Waals surface area contributed by atoms with Crippen molar-refractivity contribution in [1.82, 2.24) is 9.97 Å². The Bertz CT molecular complexity index is 326. The average molecular weight is 272 g/mol. The molecule has 1 unspecified atom stereocenters. The summed E-state index contributed by atoms with van der Waals surface area (Å²) in [5, 5.41) is 3.38. The molecule has 0 aliphatic rings. The van der Waals surface area contributed by atoms with E-state index in [4.69, 9.17) is 0 Å². The monoisotopic (exact) mass is 271 g/mol. The molecule has 4 heteroatoms. The molecule has 0 fully saturated rings. The first-order valence-electron chi connectivity index (χ1n) is 5.33. The molecule has 1 N–H and O–H groups in total. The van der Waals surface area contributed by atoms with E-state index in [-0.39, 0.29) is 0 Å². The third-order valence-corrected chi connectivity index (χ3v) is 2.84. The lowest BCUT2D eigenvalue weighted by Gasteiger charge is -2.18. The zero-order chi connectivity index (χ0) is 11.4. The highest BCUT2D eigenvalue weighted by molar-refractivity contribution is 9.10. The molecule has 0 aliphatic carbocycles. The van der Waals surface area contributed by atoms with Gasteiger partial charge >= 0.3 is 0 Å². The number of hydrogen-bond acceptors (Lipinski definition) is 3. The number of aromatic nitrogens is 2. The van der Waals surface area contributed by atoms with E-state index in [1.54, 1.807) is 0 Å². The van der Waals surface area contributed by atoms with Gasteiger partial charge in [-0.25, -0.2) is 9.97 Å². The van der Waals surface area contributed by atoms with Gasteiger partial charge < -0.3 is 5.32 Å². The molecular weight excluding hydrogens is 254 g/mol. The molecular formula is C11H18BrN3. The van der Waals surface area contributed by atoms with Gasteiger partial charge in [-0.1, -0.05) is 20.8 Å². The Balaban J connectivity index is 2.80. The number of hydrogen-bond donors (Lipinski definition) is 1. The van der Waals surface area contributed by atoms with Crippen molar-refractivity contribution in [2.24, 2.45) is 5.92 Å². The Kier molecular flexibility index (Phi) is 4.51. The third kappa shape index (κ3) is 3.78. The van der Waals surface area contributed by atoms with E-state index in [1.165, 1.54) is 0 Å². The lowest BCUT2D eigenvalue weighted by molar-refractivity contribution is 0.558. The van der Waals surface area contributed by atoms with Crippen molar-refractivity contribution in [1.29, 1.82) is 0 Å². The van der Waals surface area contributed by atoms with Crippen LogP contribution in [-0.2, 0) is 6.42 Å². The van der Waals surface area contributed by atoms with Gasteiger partial charge in [0.15, 0.2) is 0 Å². The predicted molar refractivity (Wildman–Crippen MR) is 67.0 cm³/mol. The number of nitrogens with zero attached hydrogens (tertiary/aromatic N) is 2. The first-order chi connectivity index (χ1) is 7.02. The van der Waals surface area contributed by atoms with Crippen LogP contribution in [0.25, 0.3) is 0 Å². The molecule has 0 amide bonds. The fraction of sp³-hybridized carbons (Fsp3) is 0.636. The van der Waals surface area contributed by atoms with Crippen molar-refractivity contribution >= 4 is 21.7 Å². The van der Waals surface area contributed by atoms with Crippen LogP contribution < -0.4 is 5.32 Å². The molecule has 0 radical (unpaired) electrons. The molecule has 1 aromatic heterocycles. The average Bonchev–Trinajstić information content (AvgIpc) is 2.16. The van der Waals surface area contributed by atoms with Crippen LogP contribution in [0.3, 0.4) is 0 Å². The lowest BCUT2D eigenvalue weighted by Crippen LogP contribution is -2.22. The second-order valence-corrected chi connectivity index (χ2v) is 4.84. The van der Waals surface area contributed by atoms with Crippen molar-refractivity contribution < 1.29 is 0 Å². The van der Waals surface area contributed by atoms with E-state index in [1.807, 2.05) is 6.07 Å². The Hall–Kier alpha value is -0.640. The van der Waals surface area contributed by atoms with Gasteiger partial charge in [0.2, 0.25) is 0 Å². The number of aryl methyl sites for hydroxylation is 1. The van der Waals surface area contributed by atoms with Gasteiger partial charge in [0, 0.05) is 18.5 Å². The van der Waals surface area contributed by atoms with Crippen molar-refractivity contribution in [3.05, 3.63) is 16.5 Å². The van der Waals surface area contributed by atoms with Gasteiger partial charge in [0.05, 0.1) is 0 Å². The van der Waals surface area contributed by atoms with Crippen LogP contribution in [0.2, 0.25) is 0 Å². The summed E-state index contributed by atoms with van der Waals surface area (Å²) in [6.07, 6.45) is 0.851. The first-order valence-corrected chi connectivity index (χ1v) is 6.12. The summed E-state index contributed by atoms with van der Waals surface area (Å²) in [5.74, 6) is 2.35. The summed E-state index contributed by atoms with van der Waals surface area (Å²) in [6, 6.07) is 2.33. The molecule has 0 bridgehead atoms. The minimum Gasteiger partial charge on any atom is -0.367 e. The van der Waals surface area contributed by atoms with Crippen LogP contribution in [-0.4, -0.2) is 16.0 Å². The van der Waals surface area contributed by atoms with Gasteiger partial charge in [0.25, 0.3) is 0 Å². The van der Waals surface area contributed by atoms with E-state index in [0.29, 0.717) is 12.0 Å². The molecule has 0 saturated heterocycles. The second-order valence-electron chi connectivity index (χ2n) is 4.02. The Morgan fingerprint density at radius 3 is 2.53 bits per heavy atom. The Morgan fingerprint density at radius 1 is 1.33 bits per heavy atom. The van der Waals surface area contributed by atoms with Crippen LogP contribution >= 0.6 is 15.9 Å². The zero-order valence-electron chi connectivity index (χ0n) is 9.71. The molecule has 1 atom stereocenters. The second kappa shape index (κ2) is 5.45. The minimum atomic E-state index is 0.413. The van der Waals surface area contributed by atoms with Crippen LogP contribution in [0.4, 0.5) is 5.82 Å². The van der Waals surface area contributed by atoms with Crippen molar-refractivity contribution in [2.75, 3.05) is 5.32 Å². The maximum Gasteiger partial charge on any atom is 0.131 e. The van der Waals surface area contributed by atoms with Crippen molar-refractivity contribution in [2.45, 2.75) is 40.2 Å². The zero-order valence-corrected chi connectivity index (χ0v) is 11.3. The number of halogens is 1. The van der Waals surface area contributed by atoms with Crippen molar-refractivity contribution in [3.63, 3.8) is 0 Å². The van der Waals surface area contributed by atoms with E-state index >= 15 is 0 Å². The van der Waals surface area contributed by atoms with Gasteiger partial charge in [-0.3, -0.25) is 0 Å². The summed E-state index contributed by atoms with van der Waals surface area (Å²) >= 11 is 3.39. The van der Waals surface area contributed by atoms with Crippen LogP contribution in [0.5, 0.6) is 0 Å². The maximum atomic E-state index is 4.42. The van der Waals surface area contributed by atoms with E-state index < -0.39 is 0 Å². The molecule has 1 rings (SSSR count). The molecule has 1 aromatic rings. The maximum absolute atomic E-state index is 4.42. The highest BCUT2D eigenvalue weighted by atomic mass is 79.9. The molecule has 0 saturated carbocycles. The Labute approximate surface area is 99.8 Å². The van der Waals surface area contributed by atoms with E-state index in [0.717, 1.165) is 22.7 Å². The summed E-state index contributed by atoms with van der Waals surface area (Å²) < 4.78 is 0.841. The summed E-state index contributed by atoms with van der Waals surface area (Å²) in [4.78, 5) is 8.69. The fourth-order valence-electron chi connectivity index (χ4n) is 1.10.